The summed E-state index contributed by atoms with van der Waals surface area (Å²) in [6.45, 7) is 2.07. The molecule has 0 saturated heterocycles. The smallest absolute Gasteiger partial charge is 0.267 e. The maximum Gasteiger partial charge on any atom is 0.267 e. The zero-order valence-corrected chi connectivity index (χ0v) is 13.9. The van der Waals surface area contributed by atoms with Crippen molar-refractivity contribution in [1.82, 2.24) is 0 Å². The molecule has 1 unspecified atom stereocenters. The van der Waals surface area contributed by atoms with Gasteiger partial charge in [0.25, 0.3) is 5.91 Å². The highest BCUT2D eigenvalue weighted by molar-refractivity contribution is 6.30. The highest BCUT2D eigenvalue weighted by Crippen LogP contribution is 2.32. The monoisotopic (exact) mass is 337 g/mol. The lowest BCUT2D eigenvalue weighted by molar-refractivity contribution is -0.112. The van der Waals surface area contributed by atoms with E-state index in [0.717, 1.165) is 12.1 Å². The summed E-state index contributed by atoms with van der Waals surface area (Å²) in [5.41, 5.74) is 2.92. The molecule has 1 N–H and O–H groups in total. The van der Waals surface area contributed by atoms with Gasteiger partial charge in [0.05, 0.1) is 0 Å². The number of carbonyl (C=O) groups is 1. The van der Waals surface area contributed by atoms with Crippen LogP contribution in [0.25, 0.3) is 0 Å². The van der Waals surface area contributed by atoms with Crippen LogP contribution >= 0.6 is 11.6 Å². The Labute approximate surface area is 146 Å². The number of rotatable bonds is 3. The molecular formula is C19H16ClN3O. The number of anilines is 2. The van der Waals surface area contributed by atoms with E-state index < -0.39 is 5.91 Å². The molecule has 120 valence electrons. The number of fused-ring (bicyclic) bond motifs is 1. The molecule has 0 spiro atoms. The van der Waals surface area contributed by atoms with Crippen molar-refractivity contribution < 1.29 is 4.79 Å². The van der Waals surface area contributed by atoms with Crippen molar-refractivity contribution in [3.63, 3.8) is 0 Å². The van der Waals surface area contributed by atoms with Crippen molar-refractivity contribution in [3.05, 3.63) is 70.9 Å². The standard InChI is InChI=1S/C19H16ClN3O/c1-13-10-14-4-2-3-5-18(14)23(13)12-15(11-21)19(24)22-17-8-6-16(20)7-9-17/h2-9,12-13H,10H2,1H3,(H,22,24)/b15-12-. The molecule has 24 heavy (non-hydrogen) atoms. The number of para-hydroxylation sites is 1. The largest absolute Gasteiger partial charge is 0.343 e. The van der Waals surface area contributed by atoms with Crippen molar-refractivity contribution >= 4 is 28.9 Å². The lowest BCUT2D eigenvalue weighted by atomic mass is 10.1. The minimum atomic E-state index is -0.434. The molecule has 5 heteroatoms. The lowest BCUT2D eigenvalue weighted by Gasteiger charge is -2.20. The molecule has 0 bridgehead atoms. The second-order valence-electron chi connectivity index (χ2n) is 5.70. The molecule has 1 aliphatic heterocycles. The van der Waals surface area contributed by atoms with Gasteiger partial charge in [-0.3, -0.25) is 4.79 Å². The van der Waals surface area contributed by atoms with Crippen LogP contribution in [0.1, 0.15) is 12.5 Å². The number of nitriles is 1. The summed E-state index contributed by atoms with van der Waals surface area (Å²) in [6, 6.07) is 17.0. The van der Waals surface area contributed by atoms with Crippen molar-refractivity contribution in [2.75, 3.05) is 10.2 Å². The Bertz CT molecular complexity index is 836. The second-order valence-corrected chi connectivity index (χ2v) is 6.14. The number of hydrogen-bond donors (Lipinski definition) is 1. The summed E-state index contributed by atoms with van der Waals surface area (Å²) in [6.07, 6.45) is 2.52. The van der Waals surface area contributed by atoms with Gasteiger partial charge >= 0.3 is 0 Å². The number of nitrogens with zero attached hydrogens (tertiary/aromatic N) is 2. The molecule has 2 aromatic carbocycles. The Kier molecular flexibility index (Phi) is 4.54. The van der Waals surface area contributed by atoms with E-state index in [0.29, 0.717) is 10.7 Å². The molecule has 1 atom stereocenters. The molecule has 4 nitrogen and oxygen atoms in total. The number of nitrogens with one attached hydrogen (secondary N) is 1. The molecule has 0 fully saturated rings. The van der Waals surface area contributed by atoms with E-state index in [1.165, 1.54) is 5.56 Å². The number of hydrogen-bond acceptors (Lipinski definition) is 3. The Morgan fingerprint density at radius 3 is 2.71 bits per heavy atom. The van der Waals surface area contributed by atoms with Gasteiger partial charge in [-0.2, -0.15) is 5.26 Å². The molecule has 1 amide bonds. The van der Waals surface area contributed by atoms with E-state index in [-0.39, 0.29) is 11.6 Å². The van der Waals surface area contributed by atoms with Crippen LogP contribution < -0.4 is 10.2 Å². The highest BCUT2D eigenvalue weighted by Gasteiger charge is 2.25. The average Bonchev–Trinajstić information content (AvgIpc) is 2.90. The average molecular weight is 338 g/mol. The Morgan fingerprint density at radius 1 is 1.29 bits per heavy atom. The van der Waals surface area contributed by atoms with Crippen LogP contribution in [-0.2, 0) is 11.2 Å². The van der Waals surface area contributed by atoms with Gasteiger partial charge in [0.2, 0.25) is 0 Å². The third-order valence-corrected chi connectivity index (χ3v) is 4.25. The highest BCUT2D eigenvalue weighted by atomic mass is 35.5. The van der Waals surface area contributed by atoms with Gasteiger partial charge in [-0.15, -0.1) is 0 Å². The van der Waals surface area contributed by atoms with E-state index in [1.807, 2.05) is 29.2 Å². The van der Waals surface area contributed by atoms with E-state index in [4.69, 9.17) is 11.6 Å². The normalized spacial score (nSPS) is 16.5. The topological polar surface area (TPSA) is 56.1 Å². The van der Waals surface area contributed by atoms with Crippen LogP contribution in [0.4, 0.5) is 11.4 Å². The molecule has 0 aliphatic carbocycles. The van der Waals surface area contributed by atoms with E-state index in [9.17, 15) is 10.1 Å². The Balaban J connectivity index is 1.83. The van der Waals surface area contributed by atoms with Crippen LogP contribution in [0, 0.1) is 11.3 Å². The quantitative estimate of drug-likeness (QED) is 0.676. The number of carbonyl (C=O) groups excluding carboxylic acids is 1. The molecule has 3 rings (SSSR count). The Hall–Kier alpha value is -2.77. The minimum absolute atomic E-state index is 0.0634. The summed E-state index contributed by atoms with van der Waals surface area (Å²) in [7, 11) is 0. The molecule has 1 aliphatic rings. The predicted molar refractivity (Wildman–Crippen MR) is 95.9 cm³/mol. The van der Waals surface area contributed by atoms with Gasteiger partial charge in [0, 0.05) is 28.6 Å². The maximum atomic E-state index is 12.4. The van der Waals surface area contributed by atoms with Gasteiger partial charge in [0.15, 0.2) is 0 Å². The van der Waals surface area contributed by atoms with Crippen molar-refractivity contribution in [2.45, 2.75) is 19.4 Å². The summed E-state index contributed by atoms with van der Waals surface area (Å²) < 4.78 is 0. The number of halogens is 1. The lowest BCUT2D eigenvalue weighted by Crippen LogP contribution is -2.25. The molecular weight excluding hydrogens is 322 g/mol. The fourth-order valence-corrected chi connectivity index (χ4v) is 2.92. The van der Waals surface area contributed by atoms with E-state index in [1.54, 1.807) is 30.5 Å². The van der Waals surface area contributed by atoms with Gasteiger partial charge in [-0.05, 0) is 49.2 Å². The summed E-state index contributed by atoms with van der Waals surface area (Å²) in [4.78, 5) is 14.4. The van der Waals surface area contributed by atoms with Crippen LogP contribution in [-0.4, -0.2) is 11.9 Å². The summed E-state index contributed by atoms with van der Waals surface area (Å²) >= 11 is 5.83. The predicted octanol–water partition coefficient (Wildman–Crippen LogP) is 4.14. The summed E-state index contributed by atoms with van der Waals surface area (Å²) in [5, 5.41) is 12.7. The fraction of sp³-hybridized carbons (Fsp3) is 0.158. The molecule has 0 saturated carbocycles. The van der Waals surface area contributed by atoms with Gasteiger partial charge in [0.1, 0.15) is 11.6 Å². The van der Waals surface area contributed by atoms with Crippen molar-refractivity contribution in [3.8, 4) is 6.07 Å². The van der Waals surface area contributed by atoms with Crippen molar-refractivity contribution in [2.24, 2.45) is 0 Å². The molecule has 0 aromatic heterocycles. The van der Waals surface area contributed by atoms with Crippen LogP contribution in [0.3, 0.4) is 0 Å². The van der Waals surface area contributed by atoms with E-state index in [2.05, 4.69) is 18.3 Å². The maximum absolute atomic E-state index is 12.4. The van der Waals surface area contributed by atoms with Gasteiger partial charge in [-0.1, -0.05) is 29.8 Å². The summed E-state index contributed by atoms with van der Waals surface area (Å²) in [5.74, 6) is -0.434. The van der Waals surface area contributed by atoms with E-state index >= 15 is 0 Å². The Morgan fingerprint density at radius 2 is 2.00 bits per heavy atom. The fourth-order valence-electron chi connectivity index (χ4n) is 2.80. The first-order valence-corrected chi connectivity index (χ1v) is 8.01. The number of benzene rings is 2. The first-order chi connectivity index (χ1) is 11.6. The van der Waals surface area contributed by atoms with Crippen LogP contribution in [0.5, 0.6) is 0 Å². The minimum Gasteiger partial charge on any atom is -0.343 e. The third kappa shape index (κ3) is 3.27. The first-order valence-electron chi connectivity index (χ1n) is 7.63. The second kappa shape index (κ2) is 6.77. The number of amides is 1. The third-order valence-electron chi connectivity index (χ3n) is 4.00. The molecule has 0 radical (unpaired) electrons. The first kappa shape index (κ1) is 16.1. The SMILES string of the molecule is CC1Cc2ccccc2N1/C=C(/C#N)C(=O)Nc1ccc(Cl)cc1. The van der Waals surface area contributed by atoms with Crippen molar-refractivity contribution in [1.29, 1.82) is 5.26 Å². The molecule has 2 aromatic rings. The molecule has 1 heterocycles. The van der Waals surface area contributed by atoms with Gasteiger partial charge < -0.3 is 10.2 Å². The van der Waals surface area contributed by atoms with Gasteiger partial charge in [-0.25, -0.2) is 0 Å². The zero-order valence-electron chi connectivity index (χ0n) is 13.2. The van der Waals surface area contributed by atoms with Crippen LogP contribution in [0.15, 0.2) is 60.3 Å². The zero-order chi connectivity index (χ0) is 17.1. The van der Waals surface area contributed by atoms with Crippen LogP contribution in [0.2, 0.25) is 5.02 Å².